The van der Waals surface area contributed by atoms with E-state index in [2.05, 4.69) is 44.6 Å². The lowest BCUT2D eigenvalue weighted by molar-refractivity contribution is -0.136. The largest absolute Gasteiger partial charge is 0.481 e. The van der Waals surface area contributed by atoms with Gasteiger partial charge >= 0.3 is 5.97 Å². The molecule has 0 amide bonds. The molecule has 1 N–H and O–H groups in total. The summed E-state index contributed by atoms with van der Waals surface area (Å²) in [6.07, 6.45) is 11.5. The molecule has 0 fully saturated rings. The second-order valence-corrected chi connectivity index (χ2v) is 10.6. The average Bonchev–Trinajstić information content (AvgIpc) is 3.02. The molecule has 0 saturated heterocycles. The number of carboxylic acid groups (broad SMARTS) is 1. The number of carbonyl (C=O) groups is 1. The van der Waals surface area contributed by atoms with Crippen molar-refractivity contribution < 1.29 is 18.3 Å². The van der Waals surface area contributed by atoms with Crippen LogP contribution in [0.3, 0.4) is 0 Å². The number of hydrogen-bond donors (Lipinski definition) is 1. The van der Waals surface area contributed by atoms with Crippen molar-refractivity contribution in [3.63, 3.8) is 0 Å². The Morgan fingerprint density at radius 2 is 1.60 bits per heavy atom. The fourth-order valence-electron chi connectivity index (χ4n) is 3.78. The van der Waals surface area contributed by atoms with Crippen LogP contribution in [0.1, 0.15) is 30.0 Å². The van der Waals surface area contributed by atoms with Crippen LogP contribution in [0.4, 0.5) is 0 Å². The number of terminal acetylenes is 1. The second kappa shape index (κ2) is 16.1. The minimum Gasteiger partial charge on any atom is -0.481 e. The van der Waals surface area contributed by atoms with Crippen molar-refractivity contribution in [2.45, 2.75) is 37.9 Å². The fourth-order valence-corrected chi connectivity index (χ4v) is 5.13. The van der Waals surface area contributed by atoms with Crippen molar-refractivity contribution in [2.75, 3.05) is 0 Å². The highest BCUT2D eigenvalue weighted by Crippen LogP contribution is 2.23. The summed E-state index contributed by atoms with van der Waals surface area (Å²) in [4.78, 5) is 23.1. The van der Waals surface area contributed by atoms with Crippen LogP contribution in [-0.2, 0) is 34.3 Å². The molecule has 0 aliphatic carbocycles. The van der Waals surface area contributed by atoms with Crippen LogP contribution >= 0.6 is 0 Å². The predicted molar refractivity (Wildman–Crippen MR) is 161 cm³/mol. The normalized spacial score (nSPS) is 10.1. The summed E-state index contributed by atoms with van der Waals surface area (Å²) >= 11 is 0. The number of aromatic nitrogens is 3. The first-order chi connectivity index (χ1) is 20.3. The molecule has 2 heterocycles. The smallest absolute Gasteiger partial charge is 0.303 e. The Morgan fingerprint density at radius 3 is 2.24 bits per heavy atom. The van der Waals surface area contributed by atoms with Gasteiger partial charge in [0.15, 0.2) is 5.03 Å². The molecule has 42 heavy (non-hydrogen) atoms. The van der Waals surface area contributed by atoms with E-state index in [1.54, 1.807) is 31.5 Å². The third-order valence-electron chi connectivity index (χ3n) is 5.75. The first-order valence-electron chi connectivity index (χ1n) is 12.8. The standard InChI is InChI=1S/C26H24N4O4S.C7H4/c31-26(32)12-9-20-4-3-5-22(14-20)18-30(35(33,34)25-6-1-2-13-29-25)17-21-7-10-23(11-8-21)24-15-27-19-28-16-24;1-3-5-7-6-4-2/h1-8,10-11,13-16,19H,9,12,17-18H2,(H,31,32);1H,2H3. The molecule has 0 atom stereocenters. The summed E-state index contributed by atoms with van der Waals surface area (Å²) in [6.45, 7) is 1.98. The van der Waals surface area contributed by atoms with Gasteiger partial charge in [-0.1, -0.05) is 60.5 Å². The first-order valence-corrected chi connectivity index (χ1v) is 14.2. The lowest BCUT2D eigenvalue weighted by Crippen LogP contribution is -2.31. The highest BCUT2D eigenvalue weighted by Gasteiger charge is 2.26. The molecule has 8 nitrogen and oxygen atoms in total. The van der Waals surface area contributed by atoms with Gasteiger partial charge in [0.1, 0.15) is 6.33 Å². The molecule has 0 spiro atoms. The summed E-state index contributed by atoms with van der Waals surface area (Å²) in [5.41, 5.74) is 4.22. The topological polar surface area (TPSA) is 113 Å². The zero-order valence-electron chi connectivity index (χ0n) is 22.9. The zero-order valence-corrected chi connectivity index (χ0v) is 23.8. The van der Waals surface area contributed by atoms with Crippen LogP contribution in [0.15, 0.2) is 96.7 Å². The minimum atomic E-state index is -3.89. The Morgan fingerprint density at radius 1 is 0.881 bits per heavy atom. The van der Waals surface area contributed by atoms with Crippen molar-refractivity contribution in [3.05, 3.63) is 108 Å². The number of benzene rings is 2. The Bertz CT molecular complexity index is 1750. The molecule has 0 aliphatic heterocycles. The van der Waals surface area contributed by atoms with Gasteiger partial charge in [-0.2, -0.15) is 4.31 Å². The number of hydrogen-bond acceptors (Lipinski definition) is 6. The minimum absolute atomic E-state index is 0.0121. The maximum absolute atomic E-state index is 13.5. The average molecular weight is 577 g/mol. The number of carboxylic acids is 1. The van der Waals surface area contributed by atoms with Gasteiger partial charge in [-0.15, -0.1) is 6.42 Å². The highest BCUT2D eigenvalue weighted by molar-refractivity contribution is 7.89. The lowest BCUT2D eigenvalue weighted by Gasteiger charge is -2.22. The summed E-state index contributed by atoms with van der Waals surface area (Å²) in [5, 5.41) is 8.95. The van der Waals surface area contributed by atoms with E-state index in [4.69, 9.17) is 11.5 Å². The third kappa shape index (κ3) is 9.73. The van der Waals surface area contributed by atoms with Gasteiger partial charge in [-0.25, -0.2) is 23.4 Å². The van der Waals surface area contributed by atoms with Gasteiger partial charge in [0, 0.05) is 43.7 Å². The number of aliphatic carboxylic acids is 1. The van der Waals surface area contributed by atoms with E-state index in [9.17, 15) is 13.2 Å². The van der Waals surface area contributed by atoms with Crippen LogP contribution in [0.2, 0.25) is 0 Å². The van der Waals surface area contributed by atoms with Gasteiger partial charge in [0.2, 0.25) is 0 Å². The molecule has 0 aliphatic rings. The zero-order chi connectivity index (χ0) is 30.2. The van der Waals surface area contributed by atoms with E-state index in [0.29, 0.717) is 6.42 Å². The Kier molecular flexibility index (Phi) is 12.0. The number of sulfonamides is 1. The van der Waals surface area contributed by atoms with Gasteiger partial charge in [0.25, 0.3) is 10.0 Å². The second-order valence-electron chi connectivity index (χ2n) is 8.75. The molecule has 9 heteroatoms. The van der Waals surface area contributed by atoms with E-state index >= 15 is 0 Å². The predicted octanol–water partition coefficient (Wildman–Crippen LogP) is 4.59. The highest BCUT2D eigenvalue weighted by atomic mass is 32.2. The van der Waals surface area contributed by atoms with Crippen LogP contribution in [0, 0.1) is 36.0 Å². The van der Waals surface area contributed by atoms with Crippen molar-refractivity contribution in [1.29, 1.82) is 0 Å². The van der Waals surface area contributed by atoms with E-state index in [1.807, 2.05) is 48.5 Å². The SMILES string of the molecule is C#CC#CC#CC.O=C(O)CCc1cccc(CN(Cc2ccc(-c3cncnc3)cc2)S(=O)(=O)c2ccccn2)c1. The molecule has 4 rings (SSSR count). The fraction of sp³-hybridized carbons (Fsp3) is 0.152. The lowest BCUT2D eigenvalue weighted by atomic mass is 10.1. The molecule has 2 aromatic heterocycles. The number of aryl methyl sites for hydroxylation is 1. The van der Waals surface area contributed by atoms with E-state index in [0.717, 1.165) is 27.8 Å². The summed E-state index contributed by atoms with van der Waals surface area (Å²) < 4.78 is 28.4. The Labute approximate surface area is 246 Å². The molecule has 0 saturated carbocycles. The molecule has 0 radical (unpaired) electrons. The summed E-state index contributed by atoms with van der Waals surface area (Å²) in [5.74, 6) is 11.1. The van der Waals surface area contributed by atoms with Crippen molar-refractivity contribution in [1.82, 2.24) is 19.3 Å². The summed E-state index contributed by atoms with van der Waals surface area (Å²) in [7, 11) is -3.89. The van der Waals surface area contributed by atoms with Crippen molar-refractivity contribution in [3.8, 4) is 47.2 Å². The molecule has 0 unspecified atom stereocenters. The maximum atomic E-state index is 13.5. The number of rotatable bonds is 10. The van der Waals surface area contributed by atoms with E-state index in [-0.39, 0.29) is 24.5 Å². The van der Waals surface area contributed by atoms with Gasteiger partial charge in [-0.05, 0) is 71.4 Å². The van der Waals surface area contributed by atoms with Crippen LogP contribution in [0.25, 0.3) is 11.1 Å². The van der Waals surface area contributed by atoms with Gasteiger partial charge in [0.05, 0.1) is 0 Å². The molecule has 210 valence electrons. The van der Waals surface area contributed by atoms with Crippen molar-refractivity contribution in [2.24, 2.45) is 0 Å². The first kappa shape index (κ1) is 31.3. The van der Waals surface area contributed by atoms with Gasteiger partial charge in [-0.3, -0.25) is 4.79 Å². The van der Waals surface area contributed by atoms with E-state index in [1.165, 1.54) is 22.9 Å². The monoisotopic (exact) mass is 576 g/mol. The Hall–Kier alpha value is -5.27. The van der Waals surface area contributed by atoms with Crippen LogP contribution in [-0.4, -0.2) is 38.8 Å². The molecular formula is C33H28N4O4S. The summed E-state index contributed by atoms with van der Waals surface area (Å²) in [6, 6.07) is 19.7. The maximum Gasteiger partial charge on any atom is 0.303 e. The molecular weight excluding hydrogens is 548 g/mol. The van der Waals surface area contributed by atoms with E-state index < -0.39 is 16.0 Å². The Balaban J connectivity index is 0.000000616. The third-order valence-corrected chi connectivity index (χ3v) is 7.46. The van der Waals surface area contributed by atoms with Crippen molar-refractivity contribution >= 4 is 16.0 Å². The molecule has 4 aromatic rings. The number of pyridine rings is 1. The van der Waals surface area contributed by atoms with Crippen LogP contribution in [0.5, 0.6) is 0 Å². The molecule has 0 bridgehead atoms. The molecule has 2 aromatic carbocycles. The van der Waals surface area contributed by atoms with Crippen LogP contribution < -0.4 is 0 Å². The quantitative estimate of drug-likeness (QED) is 0.275. The van der Waals surface area contributed by atoms with Gasteiger partial charge < -0.3 is 5.11 Å². The number of nitrogens with zero attached hydrogens (tertiary/aromatic N) is 4.